The van der Waals surface area contributed by atoms with Crippen LogP contribution in [0, 0.1) is 92.7 Å². The molecule has 6 aromatic carbocycles. The SMILES string of the molecule is C[C@]12C=CC(=O)C=C1CC[C@@H]1[C@@H]2[C@@H](O)C[C@@]2(C)[C@H]1C[C@@H](O)[C@]2(O)C(=O)CO.C[C@]12C=CC(=O)C=C1CC[C@@H]1[C@@H]2[C@@H](O)C[C@@]2(C)[C@H]1C[C@H]1O[C@@H](c3ccc(C(=O)Oc4cccc(N)c4)cc3)O[C@]12C(=O)CO.C[C@]12C=CC(=O)C=C1CC[C@@H]1[C@@H]2[C@@H](O)C[C@@]2(C)[C@H]1C[C@H]1O[C@H](c3ccc(C(=O)Oc4cccc(N)c4)cc3)O[C@]12C(=O)CO.Cc1cccc(OC(=O)c2ccc(C=O)cc2)c1. The summed E-state index contributed by atoms with van der Waals surface area (Å²) in [6, 6.07) is 40.1. The lowest BCUT2D eigenvalue weighted by Crippen LogP contribution is -2.63. The van der Waals surface area contributed by atoms with Crippen LogP contribution in [0.3, 0.4) is 0 Å². The zero-order valence-electron chi connectivity index (χ0n) is 75.2. The van der Waals surface area contributed by atoms with E-state index < -0.39 is 154 Å². The van der Waals surface area contributed by atoms with Crippen LogP contribution in [0.1, 0.15) is 189 Å². The number of Topliss-reactive ketones (excluding diaryl/α,β-unsaturated/α-hetero) is 3. The van der Waals surface area contributed by atoms with Gasteiger partial charge in [-0.05, 0) is 234 Å². The van der Waals surface area contributed by atoms with Crippen LogP contribution in [-0.2, 0) is 47.7 Å². The second-order valence-electron chi connectivity index (χ2n) is 40.1. The Bertz CT molecular complexity index is 5640. The van der Waals surface area contributed by atoms with Crippen molar-refractivity contribution < 1.29 is 122 Å². The van der Waals surface area contributed by atoms with Gasteiger partial charge >= 0.3 is 17.9 Å². The molecule has 12 N–H and O–H groups in total. The van der Waals surface area contributed by atoms with Gasteiger partial charge < -0.3 is 85.5 Å². The number of fused-ring (bicyclic) bond motifs is 19. The van der Waals surface area contributed by atoms with Gasteiger partial charge in [-0.3, -0.25) is 33.6 Å². The first-order chi connectivity index (χ1) is 63.3. The van der Waals surface area contributed by atoms with Gasteiger partial charge in [-0.1, -0.05) is 137 Å². The van der Waals surface area contributed by atoms with Gasteiger partial charge in [0, 0.05) is 90.4 Å². The lowest BCUT2D eigenvalue weighted by Gasteiger charge is -2.59. The molecule has 698 valence electrons. The lowest BCUT2D eigenvalue weighted by molar-refractivity contribution is -0.201. The molecule has 133 heavy (non-hydrogen) atoms. The van der Waals surface area contributed by atoms with E-state index in [0.717, 1.165) is 67.1 Å². The van der Waals surface area contributed by atoms with Gasteiger partial charge in [-0.2, -0.15) is 0 Å². The molecule has 9 saturated carbocycles. The molecule has 0 aromatic heterocycles. The Morgan fingerprint density at radius 1 is 0.444 bits per heavy atom. The quantitative estimate of drug-likeness (QED) is 0.0197. The fraction of sp³-hybridized carbons (Fsp3) is 0.453. The van der Waals surface area contributed by atoms with E-state index in [1.54, 1.807) is 177 Å². The van der Waals surface area contributed by atoms with Crippen molar-refractivity contribution in [3.05, 3.63) is 256 Å². The van der Waals surface area contributed by atoms with Crippen molar-refractivity contribution in [2.45, 2.75) is 192 Å². The highest BCUT2D eigenvalue weighted by Crippen LogP contribution is 2.74. The minimum Gasteiger partial charge on any atom is -0.423 e. The molecule has 27 heteroatoms. The highest BCUT2D eigenvalue weighted by molar-refractivity contribution is 6.03. The Balaban J connectivity index is 0.000000130. The maximum Gasteiger partial charge on any atom is 0.343 e. The number of nitrogens with two attached hydrogens (primary N) is 2. The monoisotopic (exact) mass is 1810 g/mol. The maximum atomic E-state index is 13.7. The summed E-state index contributed by atoms with van der Waals surface area (Å²) in [5.74, 6) is -2.42. The van der Waals surface area contributed by atoms with E-state index >= 15 is 0 Å². The summed E-state index contributed by atoms with van der Waals surface area (Å²) in [7, 11) is 0. The molecule has 0 unspecified atom stereocenters. The predicted molar refractivity (Wildman–Crippen MR) is 483 cm³/mol. The Hall–Kier alpha value is -11.0. The van der Waals surface area contributed by atoms with E-state index in [1.807, 2.05) is 58.1 Å². The number of carbonyl (C=O) groups excluding carboxylic acids is 10. The fourth-order valence-corrected chi connectivity index (χ4v) is 27.2. The number of ketones is 6. The molecule has 27 nitrogen and oxygen atoms in total. The van der Waals surface area contributed by atoms with Crippen LogP contribution in [0.5, 0.6) is 17.2 Å². The van der Waals surface area contributed by atoms with Crippen molar-refractivity contribution in [2.24, 2.45) is 85.8 Å². The second kappa shape index (κ2) is 35.3. The van der Waals surface area contributed by atoms with E-state index in [1.165, 1.54) is 0 Å². The average molecular weight is 1820 g/mol. The van der Waals surface area contributed by atoms with Crippen molar-refractivity contribution in [2.75, 3.05) is 31.3 Å². The Morgan fingerprint density at radius 2 is 0.782 bits per heavy atom. The third-order valence-electron chi connectivity index (χ3n) is 33.3. The molecule has 0 radical (unpaired) electrons. The molecule has 11 fully saturated rings. The number of aryl methyl sites for hydroxylation is 1. The van der Waals surface area contributed by atoms with Crippen molar-refractivity contribution in [3.63, 3.8) is 0 Å². The highest BCUT2D eigenvalue weighted by Gasteiger charge is 2.79. The van der Waals surface area contributed by atoms with Crippen molar-refractivity contribution in [1.29, 1.82) is 0 Å². The zero-order chi connectivity index (χ0) is 94.8. The summed E-state index contributed by atoms with van der Waals surface area (Å²) in [5, 5.41) is 86.3. The molecular formula is C106H114N2O25. The number of nitrogen functional groups attached to an aromatic ring is 2. The minimum absolute atomic E-state index is 0.00548. The van der Waals surface area contributed by atoms with Gasteiger partial charge in [0.05, 0.1) is 53.3 Å². The second-order valence-corrected chi connectivity index (χ2v) is 40.1. The Labute approximate surface area is 770 Å². The Kier molecular flexibility index (Phi) is 24.9. The lowest BCUT2D eigenvalue weighted by atomic mass is 9.46. The van der Waals surface area contributed by atoms with E-state index in [2.05, 4.69) is 13.8 Å². The summed E-state index contributed by atoms with van der Waals surface area (Å²) in [6.45, 7) is 11.7. The molecule has 2 saturated heterocycles. The van der Waals surface area contributed by atoms with Gasteiger partial charge in [0.1, 0.15) is 43.4 Å². The molecule has 2 aliphatic heterocycles. The number of allylic oxidation sites excluding steroid dienone is 12. The maximum absolute atomic E-state index is 13.7. The first-order valence-electron chi connectivity index (χ1n) is 45.8. The number of ether oxygens (including phenoxy) is 7. The minimum atomic E-state index is -2.05. The fourth-order valence-electron chi connectivity index (χ4n) is 27.2. The van der Waals surface area contributed by atoms with Gasteiger partial charge in [-0.25, -0.2) is 14.4 Å². The third-order valence-corrected chi connectivity index (χ3v) is 33.3. The molecule has 14 aliphatic rings. The largest absolute Gasteiger partial charge is 0.423 e. The van der Waals surface area contributed by atoms with E-state index in [-0.39, 0.29) is 83.5 Å². The van der Waals surface area contributed by atoms with Crippen molar-refractivity contribution >= 4 is 70.3 Å². The van der Waals surface area contributed by atoms with E-state index in [0.29, 0.717) is 87.7 Å². The molecule has 0 spiro atoms. The van der Waals surface area contributed by atoms with Gasteiger partial charge in [0.15, 0.2) is 64.1 Å². The number of anilines is 2. The molecular weight excluding hydrogens is 1700 g/mol. The first kappa shape index (κ1) is 93.8. The molecule has 0 amide bonds. The average Bonchev–Trinajstić information content (AvgIpc) is 1.52. The summed E-state index contributed by atoms with van der Waals surface area (Å²) in [5.41, 5.74) is 10.7. The topological polar surface area (TPSA) is 449 Å². The van der Waals surface area contributed by atoms with Crippen molar-refractivity contribution in [1.82, 2.24) is 0 Å². The molecule has 0 bridgehead atoms. The highest BCUT2D eigenvalue weighted by atomic mass is 16.8. The zero-order valence-corrected chi connectivity index (χ0v) is 75.2. The smallest absolute Gasteiger partial charge is 0.343 e. The van der Waals surface area contributed by atoms with Crippen LogP contribution in [0.2, 0.25) is 0 Å². The summed E-state index contributed by atoms with van der Waals surface area (Å²) >= 11 is 0. The van der Waals surface area contributed by atoms with Crippen LogP contribution >= 0.6 is 0 Å². The summed E-state index contributed by atoms with van der Waals surface area (Å²) < 4.78 is 42.3. The van der Waals surface area contributed by atoms with Gasteiger partial charge in [0.25, 0.3) is 0 Å². The molecule has 20 rings (SSSR count). The number of aliphatic hydroxyl groups excluding tert-OH is 7. The van der Waals surface area contributed by atoms with E-state index in [4.69, 9.17) is 44.6 Å². The standard InChI is InChI=1S/2C35H37NO8.C21H28O6.C15H12O3/c2*1-33-13-12-23(38)14-21(33)10-11-25-26-16-29-35(28(40)18-37,34(26,2)17-27(39)30(25)33)44-32(43-29)20-8-6-19(7-9-20)31(41)42-24-5-3-4-22(36)15-24;1-19-6-5-12(23)7-11(19)3-4-13-14-8-16(25)21(27,17(26)10-22)20(14,2)9-15(24)18(13)19;1-11-3-2-4-14(9-11)18-15(17)13-7-5-12(10-16)6-8-13/h2*3-9,12-15,25-27,29-30,32,37,39H,10-11,16-18,36H2,1-2H3;5-7,13-16,18,22,24-25,27H,3-4,8-10H2,1-2H3;2-10H,1H3/t25-,26-,27-,29+,30+,32+,33-,34-,35+;25-,26-,27-,29+,30+,32-,33-,34-,35+;13-,14-,15-,16+,18+,19-,20-,21-;/m000./s1. The number of benzene rings is 6. The number of hydrogen-bond donors (Lipinski definition) is 10. The normalized spacial score (nSPS) is 37.3. The number of rotatable bonds is 15. The van der Waals surface area contributed by atoms with Gasteiger partial charge in [0.2, 0.25) is 0 Å². The van der Waals surface area contributed by atoms with Crippen LogP contribution in [-0.4, -0.2) is 173 Å². The number of aldehydes is 1. The van der Waals surface area contributed by atoms with Gasteiger partial charge in [-0.15, -0.1) is 0 Å². The predicted octanol–water partition coefficient (Wildman–Crippen LogP) is 11.7. The number of aliphatic hydroxyl groups is 8. The number of hydrogen-bond acceptors (Lipinski definition) is 27. The third kappa shape index (κ3) is 15.5. The molecule has 26 atom stereocenters. The van der Waals surface area contributed by atoms with E-state index in [9.17, 15) is 88.8 Å². The van der Waals surface area contributed by atoms with Crippen LogP contribution < -0.4 is 25.7 Å². The first-order valence-corrected chi connectivity index (χ1v) is 45.8. The molecule has 6 aromatic rings. The van der Waals surface area contributed by atoms with Crippen molar-refractivity contribution in [3.8, 4) is 17.2 Å². The molecule has 12 aliphatic carbocycles. The van der Waals surface area contributed by atoms with Crippen LogP contribution in [0.15, 0.2) is 217 Å². The van der Waals surface area contributed by atoms with Crippen LogP contribution in [0.25, 0.3) is 0 Å². The number of carbonyl (C=O) groups is 10. The Morgan fingerprint density at radius 3 is 1.13 bits per heavy atom. The summed E-state index contributed by atoms with van der Waals surface area (Å²) in [4.78, 5) is 124. The molecule has 2 heterocycles. The van der Waals surface area contributed by atoms with Crippen LogP contribution in [0.4, 0.5) is 11.4 Å². The number of esters is 3. The summed E-state index contributed by atoms with van der Waals surface area (Å²) in [6.07, 6.45) is 16.5.